The quantitative estimate of drug-likeness (QED) is 0.685. The zero-order valence-electron chi connectivity index (χ0n) is 9.09. The summed E-state index contributed by atoms with van der Waals surface area (Å²) in [6, 6.07) is 0. The van der Waals surface area contributed by atoms with Gasteiger partial charge in [0.1, 0.15) is 6.61 Å². The van der Waals surface area contributed by atoms with E-state index in [1.165, 1.54) is 0 Å². The zero-order chi connectivity index (χ0) is 11.5. The van der Waals surface area contributed by atoms with Crippen LogP contribution in [0.1, 0.15) is 12.8 Å². The van der Waals surface area contributed by atoms with Crippen LogP contribution in [0.25, 0.3) is 0 Å². The monoisotopic (exact) mass is 228 g/mol. The largest absolute Gasteiger partial charge is 0.447 e. The van der Waals surface area contributed by atoms with Crippen molar-refractivity contribution >= 4 is 12.0 Å². The van der Waals surface area contributed by atoms with Crippen LogP contribution in [-0.4, -0.2) is 65.8 Å². The highest BCUT2D eigenvalue weighted by molar-refractivity contribution is 5.94. The molecule has 0 saturated carbocycles. The molecule has 2 amide bonds. The minimum absolute atomic E-state index is 0.209. The molecule has 0 spiro atoms. The Balaban J connectivity index is 1.81. The average Bonchev–Trinajstić information content (AvgIpc) is 2.68. The van der Waals surface area contributed by atoms with Gasteiger partial charge in [-0.2, -0.15) is 0 Å². The van der Waals surface area contributed by atoms with E-state index in [1.807, 2.05) is 4.90 Å². The molecule has 2 saturated heterocycles. The molecule has 90 valence electrons. The van der Waals surface area contributed by atoms with Gasteiger partial charge in [0.15, 0.2) is 0 Å². The van der Waals surface area contributed by atoms with Crippen molar-refractivity contribution in [1.82, 2.24) is 9.80 Å². The molecule has 6 heteroatoms. The molecule has 0 atom stereocenters. The number of ether oxygens (including phenoxy) is 1. The number of rotatable bonds is 2. The van der Waals surface area contributed by atoms with Crippen LogP contribution in [0.2, 0.25) is 0 Å². The van der Waals surface area contributed by atoms with E-state index in [2.05, 4.69) is 0 Å². The topological polar surface area (TPSA) is 70.1 Å². The molecule has 0 aromatic rings. The highest BCUT2D eigenvalue weighted by atomic mass is 16.6. The Kier molecular flexibility index (Phi) is 3.40. The van der Waals surface area contributed by atoms with Gasteiger partial charge >= 0.3 is 6.09 Å². The number of amides is 2. The molecule has 0 aromatic carbocycles. The van der Waals surface area contributed by atoms with Gasteiger partial charge in [-0.3, -0.25) is 9.69 Å². The van der Waals surface area contributed by atoms with E-state index < -0.39 is 6.09 Å². The Morgan fingerprint density at radius 2 is 2.06 bits per heavy atom. The van der Waals surface area contributed by atoms with Gasteiger partial charge in [-0.05, 0) is 12.8 Å². The second kappa shape index (κ2) is 4.80. The third kappa shape index (κ3) is 2.51. The second-order valence-corrected chi connectivity index (χ2v) is 4.17. The summed E-state index contributed by atoms with van der Waals surface area (Å²) in [7, 11) is 0. The summed E-state index contributed by atoms with van der Waals surface area (Å²) in [5.74, 6) is -0.209. The van der Waals surface area contributed by atoms with Crippen molar-refractivity contribution in [3.05, 3.63) is 0 Å². The van der Waals surface area contributed by atoms with Crippen molar-refractivity contribution < 1.29 is 19.4 Å². The van der Waals surface area contributed by atoms with E-state index in [9.17, 15) is 14.7 Å². The fourth-order valence-electron chi connectivity index (χ4n) is 1.97. The van der Waals surface area contributed by atoms with Gasteiger partial charge in [0.2, 0.25) is 5.91 Å². The van der Waals surface area contributed by atoms with Crippen LogP contribution < -0.4 is 0 Å². The van der Waals surface area contributed by atoms with E-state index in [0.717, 1.165) is 4.90 Å². The van der Waals surface area contributed by atoms with Gasteiger partial charge in [0.25, 0.3) is 0 Å². The first-order valence-electron chi connectivity index (χ1n) is 5.54. The predicted octanol–water partition coefficient (Wildman–Crippen LogP) is -0.578. The van der Waals surface area contributed by atoms with Crippen LogP contribution in [0.3, 0.4) is 0 Å². The number of carbonyl (C=O) groups excluding carboxylic acids is 2. The highest BCUT2D eigenvalue weighted by Gasteiger charge is 2.30. The first kappa shape index (κ1) is 11.3. The molecule has 0 unspecified atom stereocenters. The Bertz CT molecular complexity index is 287. The lowest BCUT2D eigenvalue weighted by Gasteiger charge is -2.29. The summed E-state index contributed by atoms with van der Waals surface area (Å²) in [5, 5.41) is 9.32. The van der Waals surface area contributed by atoms with Crippen molar-refractivity contribution in [1.29, 1.82) is 0 Å². The van der Waals surface area contributed by atoms with E-state index in [1.54, 1.807) is 0 Å². The minimum atomic E-state index is -0.540. The number of piperidine rings is 1. The predicted molar refractivity (Wildman–Crippen MR) is 54.7 cm³/mol. The summed E-state index contributed by atoms with van der Waals surface area (Å²) >= 11 is 0. The highest BCUT2D eigenvalue weighted by Crippen LogP contribution is 2.11. The molecule has 2 aliphatic heterocycles. The Labute approximate surface area is 93.8 Å². The molecule has 2 aliphatic rings. The Morgan fingerprint density at radius 1 is 1.38 bits per heavy atom. The maximum Gasteiger partial charge on any atom is 0.416 e. The van der Waals surface area contributed by atoms with Crippen molar-refractivity contribution in [2.24, 2.45) is 0 Å². The van der Waals surface area contributed by atoms with Gasteiger partial charge in [0, 0.05) is 13.1 Å². The van der Waals surface area contributed by atoms with E-state index in [-0.39, 0.29) is 18.6 Å². The lowest BCUT2D eigenvalue weighted by atomic mass is 10.1. The van der Waals surface area contributed by atoms with Crippen LogP contribution in [0.4, 0.5) is 4.79 Å². The van der Waals surface area contributed by atoms with Crippen molar-refractivity contribution in [3.63, 3.8) is 0 Å². The lowest BCUT2D eigenvalue weighted by Crippen LogP contribution is -2.44. The van der Waals surface area contributed by atoms with Gasteiger partial charge in [-0.15, -0.1) is 0 Å². The molecule has 16 heavy (non-hydrogen) atoms. The van der Waals surface area contributed by atoms with Gasteiger partial charge < -0.3 is 9.84 Å². The van der Waals surface area contributed by atoms with Crippen LogP contribution in [0.15, 0.2) is 0 Å². The molecule has 2 fully saturated rings. The fourth-order valence-corrected chi connectivity index (χ4v) is 1.97. The number of hydrogen-bond donors (Lipinski definition) is 1. The minimum Gasteiger partial charge on any atom is -0.447 e. The maximum atomic E-state index is 11.7. The van der Waals surface area contributed by atoms with Gasteiger partial charge in [0.05, 0.1) is 19.2 Å². The Morgan fingerprint density at radius 3 is 2.62 bits per heavy atom. The normalized spacial score (nSPS) is 23.6. The number of carbonyl (C=O) groups is 2. The SMILES string of the molecule is O=C(CN1CCC(O)CC1)N1CCOC1=O. The maximum absolute atomic E-state index is 11.7. The summed E-state index contributed by atoms with van der Waals surface area (Å²) in [6.07, 6.45) is 0.597. The smallest absolute Gasteiger partial charge is 0.416 e. The first-order chi connectivity index (χ1) is 7.66. The standard InChI is InChI=1S/C10H16N2O4/c13-8-1-3-11(4-2-8)7-9(14)12-5-6-16-10(12)15/h8,13H,1-7H2. The van der Waals surface area contributed by atoms with Gasteiger partial charge in [-0.1, -0.05) is 0 Å². The van der Waals surface area contributed by atoms with Crippen molar-refractivity contribution in [2.45, 2.75) is 18.9 Å². The molecule has 0 bridgehead atoms. The summed E-state index contributed by atoms with van der Waals surface area (Å²) in [5.41, 5.74) is 0. The van der Waals surface area contributed by atoms with Crippen LogP contribution in [0, 0.1) is 0 Å². The van der Waals surface area contributed by atoms with Gasteiger partial charge in [-0.25, -0.2) is 9.69 Å². The molecule has 0 aromatic heterocycles. The number of imide groups is 1. The third-order valence-corrected chi connectivity index (χ3v) is 2.98. The summed E-state index contributed by atoms with van der Waals surface area (Å²) in [4.78, 5) is 26.0. The third-order valence-electron chi connectivity index (χ3n) is 2.98. The number of hydrogen-bond acceptors (Lipinski definition) is 5. The molecular weight excluding hydrogens is 212 g/mol. The average molecular weight is 228 g/mol. The molecular formula is C10H16N2O4. The lowest BCUT2D eigenvalue weighted by molar-refractivity contribution is -0.129. The van der Waals surface area contributed by atoms with E-state index in [4.69, 9.17) is 4.74 Å². The molecule has 0 aliphatic carbocycles. The van der Waals surface area contributed by atoms with Crippen molar-refractivity contribution in [2.75, 3.05) is 32.8 Å². The van der Waals surface area contributed by atoms with Crippen LogP contribution in [-0.2, 0) is 9.53 Å². The number of likely N-dealkylation sites (tertiary alicyclic amines) is 1. The molecule has 0 radical (unpaired) electrons. The van der Waals surface area contributed by atoms with Crippen LogP contribution >= 0.6 is 0 Å². The Hall–Kier alpha value is -1.14. The van der Waals surface area contributed by atoms with E-state index in [0.29, 0.717) is 39.1 Å². The zero-order valence-corrected chi connectivity index (χ0v) is 9.09. The summed E-state index contributed by atoms with van der Waals surface area (Å²) < 4.78 is 4.70. The number of aliphatic hydroxyl groups excluding tert-OH is 1. The van der Waals surface area contributed by atoms with Crippen molar-refractivity contribution in [3.8, 4) is 0 Å². The second-order valence-electron chi connectivity index (χ2n) is 4.17. The molecule has 1 N–H and O–H groups in total. The summed E-state index contributed by atoms with van der Waals surface area (Å²) in [6.45, 7) is 2.30. The number of cyclic esters (lactones) is 1. The fraction of sp³-hybridized carbons (Fsp3) is 0.800. The number of nitrogens with zero attached hydrogens (tertiary/aromatic N) is 2. The number of aliphatic hydroxyl groups is 1. The molecule has 2 rings (SSSR count). The molecule has 2 heterocycles. The van der Waals surface area contributed by atoms with Crippen LogP contribution in [0.5, 0.6) is 0 Å². The van der Waals surface area contributed by atoms with E-state index >= 15 is 0 Å². The first-order valence-corrected chi connectivity index (χ1v) is 5.54. The molecule has 6 nitrogen and oxygen atoms in total.